The summed E-state index contributed by atoms with van der Waals surface area (Å²) in [5.74, 6) is 0. The van der Waals surface area contributed by atoms with Crippen LogP contribution < -0.4 is 10.2 Å². The highest BCUT2D eigenvalue weighted by atomic mass is 32.1. The molecule has 0 amide bonds. The molecular formula is C14H26N4S. The number of likely N-dealkylation sites (tertiary alicyclic amines) is 1. The van der Waals surface area contributed by atoms with Crippen LogP contribution in [-0.2, 0) is 0 Å². The van der Waals surface area contributed by atoms with E-state index < -0.39 is 0 Å². The SMILES string of the molecule is CCNC(C)c1cnc(N(C)C2CCN(C)CC2)s1. The Morgan fingerprint density at radius 3 is 2.84 bits per heavy atom. The van der Waals surface area contributed by atoms with Crippen molar-refractivity contribution in [3.63, 3.8) is 0 Å². The molecule has 1 aliphatic heterocycles. The zero-order valence-electron chi connectivity index (χ0n) is 12.5. The van der Waals surface area contributed by atoms with E-state index in [2.05, 4.69) is 48.0 Å². The van der Waals surface area contributed by atoms with Gasteiger partial charge in [0.2, 0.25) is 0 Å². The lowest BCUT2D eigenvalue weighted by molar-refractivity contribution is 0.253. The first-order chi connectivity index (χ1) is 9.11. The van der Waals surface area contributed by atoms with E-state index in [9.17, 15) is 0 Å². The first kappa shape index (κ1) is 14.8. The van der Waals surface area contributed by atoms with Crippen LogP contribution in [0.3, 0.4) is 0 Å². The molecule has 1 unspecified atom stereocenters. The summed E-state index contributed by atoms with van der Waals surface area (Å²) < 4.78 is 0. The monoisotopic (exact) mass is 282 g/mol. The number of piperidine rings is 1. The second-order valence-corrected chi connectivity index (χ2v) is 6.51. The molecule has 2 heterocycles. The van der Waals surface area contributed by atoms with E-state index in [1.54, 1.807) is 0 Å². The van der Waals surface area contributed by atoms with Crippen molar-refractivity contribution in [1.82, 2.24) is 15.2 Å². The number of hydrogen-bond donors (Lipinski definition) is 1. The van der Waals surface area contributed by atoms with Gasteiger partial charge in [0.15, 0.2) is 5.13 Å². The van der Waals surface area contributed by atoms with Gasteiger partial charge in [-0.2, -0.15) is 0 Å². The zero-order valence-corrected chi connectivity index (χ0v) is 13.3. The summed E-state index contributed by atoms with van der Waals surface area (Å²) in [5, 5.41) is 4.61. The summed E-state index contributed by atoms with van der Waals surface area (Å²) in [4.78, 5) is 10.7. The number of aromatic nitrogens is 1. The third kappa shape index (κ3) is 3.68. The van der Waals surface area contributed by atoms with Crippen molar-refractivity contribution in [3.05, 3.63) is 11.1 Å². The number of thiazole rings is 1. The van der Waals surface area contributed by atoms with Crippen LogP contribution in [0.4, 0.5) is 5.13 Å². The molecular weight excluding hydrogens is 256 g/mol. The molecule has 0 saturated carbocycles. The third-order valence-electron chi connectivity index (χ3n) is 3.99. The molecule has 2 rings (SSSR count). The fourth-order valence-electron chi connectivity index (χ4n) is 2.59. The summed E-state index contributed by atoms with van der Waals surface area (Å²) in [6.07, 6.45) is 4.51. The van der Waals surface area contributed by atoms with Crippen molar-refractivity contribution in [3.8, 4) is 0 Å². The molecule has 1 N–H and O–H groups in total. The molecule has 0 aliphatic carbocycles. The number of nitrogens with zero attached hydrogens (tertiary/aromatic N) is 3. The van der Waals surface area contributed by atoms with Gasteiger partial charge in [-0.15, -0.1) is 11.3 Å². The molecule has 5 heteroatoms. The van der Waals surface area contributed by atoms with Crippen molar-refractivity contribution in [1.29, 1.82) is 0 Å². The minimum Gasteiger partial charge on any atom is -0.348 e. The molecule has 1 saturated heterocycles. The van der Waals surface area contributed by atoms with Crippen LogP contribution in [0.5, 0.6) is 0 Å². The van der Waals surface area contributed by atoms with Gasteiger partial charge >= 0.3 is 0 Å². The van der Waals surface area contributed by atoms with Crippen molar-refractivity contribution in [2.45, 2.75) is 38.8 Å². The van der Waals surface area contributed by atoms with E-state index in [4.69, 9.17) is 0 Å². The fourth-order valence-corrected chi connectivity index (χ4v) is 3.56. The van der Waals surface area contributed by atoms with E-state index in [1.165, 1.54) is 30.8 Å². The molecule has 0 bridgehead atoms. The van der Waals surface area contributed by atoms with Gasteiger partial charge in [-0.1, -0.05) is 6.92 Å². The van der Waals surface area contributed by atoms with Crippen molar-refractivity contribution in [2.24, 2.45) is 0 Å². The summed E-state index contributed by atoms with van der Waals surface area (Å²) in [5.41, 5.74) is 0. The Labute approximate surface area is 120 Å². The molecule has 1 aliphatic rings. The van der Waals surface area contributed by atoms with Crippen LogP contribution in [0.2, 0.25) is 0 Å². The van der Waals surface area contributed by atoms with Gasteiger partial charge in [-0.25, -0.2) is 4.98 Å². The Bertz CT molecular complexity index is 385. The topological polar surface area (TPSA) is 31.4 Å². The average Bonchev–Trinajstić information content (AvgIpc) is 2.89. The molecule has 0 aromatic carbocycles. The van der Waals surface area contributed by atoms with Crippen LogP contribution in [0, 0.1) is 0 Å². The van der Waals surface area contributed by atoms with Crippen LogP contribution in [0.25, 0.3) is 0 Å². The number of rotatable bonds is 5. The van der Waals surface area contributed by atoms with Gasteiger partial charge < -0.3 is 15.1 Å². The van der Waals surface area contributed by atoms with Crippen molar-refractivity contribution in [2.75, 3.05) is 38.6 Å². The molecule has 1 atom stereocenters. The number of hydrogen-bond acceptors (Lipinski definition) is 5. The molecule has 108 valence electrons. The van der Waals surface area contributed by atoms with Crippen LogP contribution in [-0.4, -0.2) is 49.7 Å². The van der Waals surface area contributed by atoms with Crippen LogP contribution in [0.15, 0.2) is 6.20 Å². The lowest BCUT2D eigenvalue weighted by Gasteiger charge is -2.34. The Morgan fingerprint density at radius 1 is 1.53 bits per heavy atom. The van der Waals surface area contributed by atoms with Gasteiger partial charge in [-0.3, -0.25) is 0 Å². The summed E-state index contributed by atoms with van der Waals surface area (Å²) >= 11 is 1.82. The molecule has 19 heavy (non-hydrogen) atoms. The Balaban J connectivity index is 1.97. The number of nitrogens with one attached hydrogen (secondary N) is 1. The second-order valence-electron chi connectivity index (χ2n) is 5.47. The minimum atomic E-state index is 0.405. The Morgan fingerprint density at radius 2 is 2.21 bits per heavy atom. The quantitative estimate of drug-likeness (QED) is 0.898. The van der Waals surface area contributed by atoms with Crippen molar-refractivity contribution < 1.29 is 0 Å². The first-order valence-corrected chi connectivity index (χ1v) is 8.04. The third-order valence-corrected chi connectivity index (χ3v) is 5.26. The summed E-state index contributed by atoms with van der Waals surface area (Å²) in [6, 6.07) is 1.05. The predicted molar refractivity (Wildman–Crippen MR) is 83.1 cm³/mol. The predicted octanol–water partition coefficient (Wildman–Crippen LogP) is 2.34. The molecule has 0 radical (unpaired) electrons. The lowest BCUT2D eigenvalue weighted by Crippen LogP contribution is -2.41. The first-order valence-electron chi connectivity index (χ1n) is 7.22. The van der Waals surface area contributed by atoms with Gasteiger partial charge in [0, 0.05) is 30.2 Å². The maximum Gasteiger partial charge on any atom is 0.185 e. The number of anilines is 1. The normalized spacial score (nSPS) is 19.6. The smallest absolute Gasteiger partial charge is 0.185 e. The van der Waals surface area contributed by atoms with E-state index >= 15 is 0 Å². The largest absolute Gasteiger partial charge is 0.348 e. The maximum atomic E-state index is 4.60. The Kier molecular flexibility index (Phi) is 5.19. The maximum absolute atomic E-state index is 4.60. The highest BCUT2D eigenvalue weighted by Gasteiger charge is 2.22. The van der Waals surface area contributed by atoms with E-state index in [0.29, 0.717) is 12.1 Å². The highest BCUT2D eigenvalue weighted by molar-refractivity contribution is 7.15. The Hall–Kier alpha value is -0.650. The fraction of sp³-hybridized carbons (Fsp3) is 0.786. The standard InChI is InChI=1S/C14H26N4S/c1-5-15-11(2)13-10-16-14(19-13)18(4)12-6-8-17(3)9-7-12/h10-12,15H,5-9H2,1-4H3. The zero-order chi connectivity index (χ0) is 13.8. The second kappa shape index (κ2) is 6.68. The molecule has 4 nitrogen and oxygen atoms in total. The highest BCUT2D eigenvalue weighted by Crippen LogP contribution is 2.29. The van der Waals surface area contributed by atoms with Gasteiger partial charge in [0.25, 0.3) is 0 Å². The van der Waals surface area contributed by atoms with Crippen LogP contribution in [0.1, 0.15) is 37.6 Å². The minimum absolute atomic E-state index is 0.405. The van der Waals surface area contributed by atoms with E-state index in [1.807, 2.05) is 17.5 Å². The molecule has 1 aromatic heterocycles. The van der Waals surface area contributed by atoms with Gasteiger partial charge in [0.1, 0.15) is 0 Å². The summed E-state index contributed by atoms with van der Waals surface area (Å²) in [7, 11) is 4.40. The van der Waals surface area contributed by atoms with Gasteiger partial charge in [0.05, 0.1) is 0 Å². The lowest BCUT2D eigenvalue weighted by atomic mass is 10.0. The van der Waals surface area contributed by atoms with E-state index in [-0.39, 0.29) is 0 Å². The van der Waals surface area contributed by atoms with Crippen LogP contribution >= 0.6 is 11.3 Å². The average molecular weight is 282 g/mol. The molecule has 1 aromatic rings. The summed E-state index contributed by atoms with van der Waals surface area (Å²) in [6.45, 7) is 7.74. The molecule has 0 spiro atoms. The van der Waals surface area contributed by atoms with E-state index in [0.717, 1.165) is 11.7 Å². The molecule has 1 fully saturated rings. The van der Waals surface area contributed by atoms with Crippen molar-refractivity contribution >= 4 is 16.5 Å². The van der Waals surface area contributed by atoms with Gasteiger partial charge in [-0.05, 0) is 46.4 Å².